The summed E-state index contributed by atoms with van der Waals surface area (Å²) in [5, 5.41) is 3.30. The van der Waals surface area contributed by atoms with Crippen LogP contribution in [-0.4, -0.2) is 31.1 Å². The summed E-state index contributed by atoms with van der Waals surface area (Å²) >= 11 is 0. The lowest BCUT2D eigenvalue weighted by Crippen LogP contribution is -2.34. The highest BCUT2D eigenvalue weighted by Gasteiger charge is 2.19. The molecule has 7 heteroatoms. The Morgan fingerprint density at radius 1 is 1.33 bits per heavy atom. The Morgan fingerprint density at radius 3 is 2.95 bits per heavy atom. The fourth-order valence-electron chi connectivity index (χ4n) is 2.45. The molecule has 1 aromatic heterocycles. The second-order valence-corrected chi connectivity index (χ2v) is 6.92. The molecule has 6 nitrogen and oxygen atoms in total. The fourth-order valence-corrected chi connectivity index (χ4v) is 3.59. The van der Waals surface area contributed by atoms with Gasteiger partial charge in [-0.2, -0.15) is 0 Å². The van der Waals surface area contributed by atoms with E-state index < -0.39 is 10.0 Å². The van der Waals surface area contributed by atoms with E-state index in [1.165, 1.54) is 0 Å². The Hall–Kier alpha value is -1.70. The van der Waals surface area contributed by atoms with E-state index in [0.29, 0.717) is 11.4 Å². The smallest absolute Gasteiger partial charge is 0.240 e. The van der Waals surface area contributed by atoms with E-state index in [-0.39, 0.29) is 5.92 Å². The van der Waals surface area contributed by atoms with E-state index >= 15 is 0 Å². The number of hydrogen-bond donors (Lipinski definition) is 2. The van der Waals surface area contributed by atoms with Crippen molar-refractivity contribution in [1.29, 1.82) is 0 Å². The van der Waals surface area contributed by atoms with Gasteiger partial charge in [0.2, 0.25) is 10.0 Å². The van der Waals surface area contributed by atoms with Gasteiger partial charge in [0, 0.05) is 37.9 Å². The molecule has 1 aromatic carbocycles. The van der Waals surface area contributed by atoms with Crippen LogP contribution in [0.2, 0.25) is 0 Å². The number of aromatic nitrogens is 2. The summed E-state index contributed by atoms with van der Waals surface area (Å²) in [5.41, 5.74) is 0. The average molecular weight is 306 g/mol. The highest BCUT2D eigenvalue weighted by molar-refractivity contribution is 7.89. The molecule has 1 atom stereocenters. The molecule has 2 N–H and O–H groups in total. The predicted octanol–water partition coefficient (Wildman–Crippen LogP) is 0.581. The Labute approximate surface area is 124 Å². The molecule has 0 fully saturated rings. The minimum atomic E-state index is -3.44. The third-order valence-corrected chi connectivity index (χ3v) is 5.03. The number of hydrogen-bond acceptors (Lipinski definition) is 4. The molecule has 112 valence electrons. The number of rotatable bonds is 4. The van der Waals surface area contributed by atoms with Crippen LogP contribution in [0.5, 0.6) is 0 Å². The zero-order valence-corrected chi connectivity index (χ0v) is 12.4. The lowest BCUT2D eigenvalue weighted by atomic mass is 10.1. The van der Waals surface area contributed by atoms with Gasteiger partial charge in [0.05, 0.1) is 11.4 Å². The van der Waals surface area contributed by atoms with Crippen LogP contribution in [0.25, 0.3) is 0 Å². The van der Waals surface area contributed by atoms with E-state index in [9.17, 15) is 8.42 Å². The van der Waals surface area contributed by atoms with Gasteiger partial charge < -0.3 is 9.88 Å². The maximum Gasteiger partial charge on any atom is 0.240 e. The Kier molecular flexibility index (Phi) is 4.05. The van der Waals surface area contributed by atoms with E-state index in [0.717, 1.165) is 25.5 Å². The first-order chi connectivity index (χ1) is 10.1. The number of benzene rings is 1. The van der Waals surface area contributed by atoms with Gasteiger partial charge in [-0.05, 0) is 12.1 Å². The first-order valence-corrected chi connectivity index (χ1v) is 8.39. The summed E-state index contributed by atoms with van der Waals surface area (Å²) < 4.78 is 29.2. The Bertz CT molecular complexity index is 697. The maximum atomic E-state index is 12.2. The fraction of sp³-hybridized carbons (Fsp3) is 0.357. The minimum absolute atomic E-state index is 0.193. The number of fused-ring (bicyclic) bond motifs is 1. The van der Waals surface area contributed by atoms with Crippen molar-refractivity contribution in [3.05, 3.63) is 48.5 Å². The molecule has 3 rings (SSSR count). The first-order valence-electron chi connectivity index (χ1n) is 6.90. The van der Waals surface area contributed by atoms with Crippen LogP contribution in [0.4, 0.5) is 0 Å². The molecule has 0 saturated heterocycles. The van der Waals surface area contributed by atoms with Crippen molar-refractivity contribution >= 4 is 10.0 Å². The van der Waals surface area contributed by atoms with Gasteiger partial charge in [-0.25, -0.2) is 18.1 Å². The molecule has 0 spiro atoms. The van der Waals surface area contributed by atoms with Crippen LogP contribution in [0.1, 0.15) is 5.82 Å². The van der Waals surface area contributed by atoms with Gasteiger partial charge in [-0.1, -0.05) is 18.2 Å². The normalized spacial score (nSPS) is 19.0. The molecular weight excluding hydrogens is 288 g/mol. The van der Waals surface area contributed by atoms with Crippen LogP contribution in [-0.2, 0) is 23.1 Å². The number of nitrogens with zero attached hydrogens (tertiary/aromatic N) is 2. The topological polar surface area (TPSA) is 76.0 Å². The third kappa shape index (κ3) is 3.31. The maximum absolute atomic E-state index is 12.2. The lowest BCUT2D eigenvalue weighted by Gasteiger charge is -2.16. The lowest BCUT2D eigenvalue weighted by molar-refractivity contribution is 0.435. The summed E-state index contributed by atoms with van der Waals surface area (Å²) in [6, 6.07) is 8.44. The molecular formula is C14H18N4O2S. The van der Waals surface area contributed by atoms with Crippen LogP contribution < -0.4 is 10.0 Å². The minimum Gasteiger partial charge on any atom is -0.333 e. The Morgan fingerprint density at radius 2 is 2.14 bits per heavy atom. The second kappa shape index (κ2) is 5.97. The molecule has 0 bridgehead atoms. The molecule has 0 radical (unpaired) electrons. The van der Waals surface area contributed by atoms with E-state index in [1.54, 1.807) is 36.5 Å². The quantitative estimate of drug-likeness (QED) is 0.866. The zero-order chi connectivity index (χ0) is 14.7. The molecule has 0 saturated carbocycles. The van der Waals surface area contributed by atoms with Crippen molar-refractivity contribution < 1.29 is 8.42 Å². The molecule has 0 unspecified atom stereocenters. The summed E-state index contributed by atoms with van der Waals surface area (Å²) in [4.78, 5) is 4.57. The SMILES string of the molecule is O=S(=O)(NC[C@@H]1CNCc2nccn2C1)c1ccccc1. The molecule has 1 aliphatic rings. The average Bonchev–Trinajstić information content (AvgIpc) is 2.84. The second-order valence-electron chi connectivity index (χ2n) is 5.16. The van der Waals surface area contributed by atoms with Gasteiger partial charge in [0.25, 0.3) is 0 Å². The molecule has 2 aromatic rings. The summed E-state index contributed by atoms with van der Waals surface area (Å²) in [7, 11) is -3.44. The van der Waals surface area contributed by atoms with Crippen LogP contribution in [0, 0.1) is 5.92 Å². The van der Waals surface area contributed by atoms with Gasteiger partial charge in [0.15, 0.2) is 0 Å². The van der Waals surface area contributed by atoms with Crippen molar-refractivity contribution in [3.8, 4) is 0 Å². The summed E-state index contributed by atoms with van der Waals surface area (Å²) in [6.07, 6.45) is 3.70. The van der Waals surface area contributed by atoms with Gasteiger partial charge in [-0.3, -0.25) is 0 Å². The number of sulfonamides is 1. The molecule has 21 heavy (non-hydrogen) atoms. The first kappa shape index (κ1) is 14.2. The van der Waals surface area contributed by atoms with E-state index in [1.807, 2.05) is 6.20 Å². The molecule has 2 heterocycles. The Balaban J connectivity index is 1.65. The van der Waals surface area contributed by atoms with E-state index in [2.05, 4.69) is 19.6 Å². The van der Waals surface area contributed by atoms with Crippen molar-refractivity contribution in [3.63, 3.8) is 0 Å². The molecule has 1 aliphatic heterocycles. The van der Waals surface area contributed by atoms with Crippen LogP contribution in [0.3, 0.4) is 0 Å². The number of imidazole rings is 1. The zero-order valence-electron chi connectivity index (χ0n) is 11.6. The highest BCUT2D eigenvalue weighted by Crippen LogP contribution is 2.11. The standard InChI is InChI=1S/C14H18N4O2S/c19-21(20,13-4-2-1-3-5-13)17-9-12-8-15-10-14-16-6-7-18(14)11-12/h1-7,12,15,17H,8-11H2/t12-/m0/s1. The van der Waals surface area contributed by atoms with Crippen molar-refractivity contribution in [2.75, 3.05) is 13.1 Å². The number of nitrogens with one attached hydrogen (secondary N) is 2. The predicted molar refractivity (Wildman–Crippen MR) is 79.1 cm³/mol. The van der Waals surface area contributed by atoms with E-state index in [4.69, 9.17) is 0 Å². The van der Waals surface area contributed by atoms with Gasteiger partial charge >= 0.3 is 0 Å². The summed E-state index contributed by atoms with van der Waals surface area (Å²) in [5.74, 6) is 1.18. The van der Waals surface area contributed by atoms with Crippen LogP contribution >= 0.6 is 0 Å². The summed E-state index contributed by atoms with van der Waals surface area (Å²) in [6.45, 7) is 2.65. The third-order valence-electron chi connectivity index (χ3n) is 3.59. The highest BCUT2D eigenvalue weighted by atomic mass is 32.2. The largest absolute Gasteiger partial charge is 0.333 e. The molecule has 0 amide bonds. The van der Waals surface area contributed by atoms with Gasteiger partial charge in [0.1, 0.15) is 5.82 Å². The van der Waals surface area contributed by atoms with Crippen molar-refractivity contribution in [2.24, 2.45) is 5.92 Å². The van der Waals surface area contributed by atoms with Crippen LogP contribution in [0.15, 0.2) is 47.6 Å². The molecule has 0 aliphatic carbocycles. The van der Waals surface area contributed by atoms with Crippen molar-refractivity contribution in [2.45, 2.75) is 18.0 Å². The van der Waals surface area contributed by atoms with Gasteiger partial charge in [-0.15, -0.1) is 0 Å². The van der Waals surface area contributed by atoms with Crippen molar-refractivity contribution in [1.82, 2.24) is 19.6 Å². The monoisotopic (exact) mass is 306 g/mol.